The van der Waals surface area contributed by atoms with Gasteiger partial charge in [-0.3, -0.25) is 0 Å². The molecule has 1 fully saturated rings. The van der Waals surface area contributed by atoms with E-state index < -0.39 is 0 Å². The van der Waals surface area contributed by atoms with Crippen molar-refractivity contribution < 1.29 is 4.52 Å². The van der Waals surface area contributed by atoms with Gasteiger partial charge in [0.05, 0.1) is 12.1 Å². The summed E-state index contributed by atoms with van der Waals surface area (Å²) < 4.78 is 5.12. The monoisotopic (exact) mass is 217 g/mol. The van der Waals surface area contributed by atoms with Crippen LogP contribution in [0.25, 0.3) is 11.5 Å². The van der Waals surface area contributed by atoms with Crippen molar-refractivity contribution in [1.29, 1.82) is 0 Å². The Balaban J connectivity index is 1.71. The summed E-state index contributed by atoms with van der Waals surface area (Å²) in [7, 11) is 0. The molecule has 82 valence electrons. The molecule has 1 saturated carbocycles. The molecule has 6 nitrogen and oxygen atoms in total. The SMILES string of the molecule is c1ncc(-c2nc(CNC3CC3)no2)cn1. The van der Waals surface area contributed by atoms with E-state index in [1.54, 1.807) is 12.4 Å². The summed E-state index contributed by atoms with van der Waals surface area (Å²) in [5.74, 6) is 1.14. The van der Waals surface area contributed by atoms with Gasteiger partial charge in [-0.1, -0.05) is 5.16 Å². The lowest BCUT2D eigenvalue weighted by atomic mass is 10.3. The predicted molar refractivity (Wildman–Crippen MR) is 55.2 cm³/mol. The largest absolute Gasteiger partial charge is 0.334 e. The molecule has 2 heterocycles. The van der Waals surface area contributed by atoms with Crippen LogP contribution in [-0.2, 0) is 6.54 Å². The molecule has 6 heteroatoms. The summed E-state index contributed by atoms with van der Waals surface area (Å²) in [4.78, 5) is 12.1. The Morgan fingerprint density at radius 1 is 1.31 bits per heavy atom. The van der Waals surface area contributed by atoms with Crippen LogP contribution >= 0.6 is 0 Å². The van der Waals surface area contributed by atoms with E-state index in [0.717, 1.165) is 5.56 Å². The van der Waals surface area contributed by atoms with Crippen molar-refractivity contribution in [2.45, 2.75) is 25.4 Å². The van der Waals surface area contributed by atoms with Crippen LogP contribution in [0, 0.1) is 0 Å². The molecule has 0 atom stereocenters. The van der Waals surface area contributed by atoms with Crippen molar-refractivity contribution in [1.82, 2.24) is 25.4 Å². The van der Waals surface area contributed by atoms with E-state index in [-0.39, 0.29) is 0 Å². The number of hydrogen-bond donors (Lipinski definition) is 1. The van der Waals surface area contributed by atoms with Crippen molar-refractivity contribution in [3.63, 3.8) is 0 Å². The minimum atomic E-state index is 0.466. The Morgan fingerprint density at radius 3 is 2.88 bits per heavy atom. The number of hydrogen-bond acceptors (Lipinski definition) is 6. The topological polar surface area (TPSA) is 76.7 Å². The van der Waals surface area contributed by atoms with E-state index in [2.05, 4.69) is 25.4 Å². The molecule has 1 N–H and O–H groups in total. The number of nitrogens with one attached hydrogen (secondary N) is 1. The van der Waals surface area contributed by atoms with Gasteiger partial charge >= 0.3 is 0 Å². The summed E-state index contributed by atoms with van der Waals surface area (Å²) in [6.07, 6.45) is 7.27. The number of nitrogens with zero attached hydrogens (tertiary/aromatic N) is 4. The highest BCUT2D eigenvalue weighted by Crippen LogP contribution is 2.19. The van der Waals surface area contributed by atoms with Gasteiger partial charge in [-0.2, -0.15) is 4.98 Å². The highest BCUT2D eigenvalue weighted by Gasteiger charge is 2.21. The van der Waals surface area contributed by atoms with Gasteiger partial charge in [0.15, 0.2) is 5.82 Å². The minimum Gasteiger partial charge on any atom is -0.334 e. The highest BCUT2D eigenvalue weighted by atomic mass is 16.5. The Morgan fingerprint density at radius 2 is 2.12 bits per heavy atom. The molecule has 3 rings (SSSR count). The summed E-state index contributed by atoms with van der Waals surface area (Å²) >= 11 is 0. The van der Waals surface area contributed by atoms with Crippen molar-refractivity contribution in [3.05, 3.63) is 24.5 Å². The second-order valence-electron chi connectivity index (χ2n) is 3.80. The molecule has 0 radical (unpaired) electrons. The fourth-order valence-corrected chi connectivity index (χ4v) is 1.38. The third kappa shape index (κ3) is 2.06. The molecule has 1 aliphatic rings. The first kappa shape index (κ1) is 9.41. The molecular formula is C10H11N5O. The van der Waals surface area contributed by atoms with E-state index in [1.807, 2.05) is 0 Å². The average Bonchev–Trinajstić information content (AvgIpc) is 3.05. The summed E-state index contributed by atoms with van der Waals surface area (Å²) in [6, 6.07) is 0.641. The second-order valence-corrected chi connectivity index (χ2v) is 3.80. The van der Waals surface area contributed by atoms with E-state index in [0.29, 0.717) is 24.3 Å². The molecular weight excluding hydrogens is 206 g/mol. The van der Waals surface area contributed by atoms with Crippen molar-refractivity contribution >= 4 is 0 Å². The number of aromatic nitrogens is 4. The smallest absolute Gasteiger partial charge is 0.261 e. The Bertz CT molecular complexity index is 465. The molecule has 16 heavy (non-hydrogen) atoms. The van der Waals surface area contributed by atoms with Gasteiger partial charge in [-0.15, -0.1) is 0 Å². The van der Waals surface area contributed by atoms with Crippen LogP contribution < -0.4 is 5.32 Å². The third-order valence-corrected chi connectivity index (χ3v) is 2.40. The van der Waals surface area contributed by atoms with Crippen molar-refractivity contribution in [2.75, 3.05) is 0 Å². The fraction of sp³-hybridized carbons (Fsp3) is 0.400. The summed E-state index contributed by atoms with van der Waals surface area (Å²) in [5, 5.41) is 7.21. The highest BCUT2D eigenvalue weighted by molar-refractivity contribution is 5.48. The van der Waals surface area contributed by atoms with Crippen LogP contribution in [0.4, 0.5) is 0 Å². The van der Waals surface area contributed by atoms with Crippen LogP contribution in [0.5, 0.6) is 0 Å². The average molecular weight is 217 g/mol. The van der Waals surface area contributed by atoms with Crippen molar-refractivity contribution in [3.8, 4) is 11.5 Å². The maximum absolute atomic E-state index is 5.12. The van der Waals surface area contributed by atoms with E-state index >= 15 is 0 Å². The summed E-state index contributed by atoms with van der Waals surface area (Å²) in [5.41, 5.74) is 0.743. The zero-order chi connectivity index (χ0) is 10.8. The Kier molecular flexibility index (Phi) is 2.34. The minimum absolute atomic E-state index is 0.466. The van der Waals surface area contributed by atoms with Crippen LogP contribution in [0.2, 0.25) is 0 Å². The van der Waals surface area contributed by atoms with Crippen molar-refractivity contribution in [2.24, 2.45) is 0 Å². The molecule has 0 saturated heterocycles. The van der Waals surface area contributed by atoms with Gasteiger partial charge in [0.2, 0.25) is 0 Å². The molecule has 0 amide bonds. The molecule has 0 aromatic carbocycles. The fourth-order valence-electron chi connectivity index (χ4n) is 1.38. The van der Waals surface area contributed by atoms with Crippen LogP contribution in [0.1, 0.15) is 18.7 Å². The molecule has 2 aromatic rings. The first-order valence-corrected chi connectivity index (χ1v) is 5.23. The maximum Gasteiger partial charge on any atom is 0.261 e. The first-order chi connectivity index (χ1) is 7.92. The van der Waals surface area contributed by atoms with Crippen LogP contribution in [-0.4, -0.2) is 26.2 Å². The van der Waals surface area contributed by atoms with Gasteiger partial charge in [-0.05, 0) is 12.8 Å². The van der Waals surface area contributed by atoms with Crippen LogP contribution in [0.15, 0.2) is 23.2 Å². The molecule has 0 aliphatic heterocycles. The normalized spacial score (nSPS) is 15.2. The first-order valence-electron chi connectivity index (χ1n) is 5.23. The Hall–Kier alpha value is -1.82. The van der Waals surface area contributed by atoms with E-state index in [1.165, 1.54) is 19.2 Å². The van der Waals surface area contributed by atoms with Crippen LogP contribution in [0.3, 0.4) is 0 Å². The standard InChI is InChI=1S/C10H11N5O/c1-2-8(1)13-5-9-14-10(16-15-9)7-3-11-6-12-4-7/h3-4,6,8,13H,1-2,5H2. The lowest BCUT2D eigenvalue weighted by Crippen LogP contribution is -2.16. The molecule has 0 bridgehead atoms. The zero-order valence-electron chi connectivity index (χ0n) is 8.63. The second kappa shape index (κ2) is 3.97. The third-order valence-electron chi connectivity index (χ3n) is 2.40. The maximum atomic E-state index is 5.12. The lowest BCUT2D eigenvalue weighted by molar-refractivity contribution is 0.419. The van der Waals surface area contributed by atoms with Gasteiger partial charge in [0.25, 0.3) is 5.89 Å². The molecule has 2 aromatic heterocycles. The number of rotatable bonds is 4. The van der Waals surface area contributed by atoms with E-state index in [4.69, 9.17) is 4.52 Å². The summed E-state index contributed by atoms with van der Waals surface area (Å²) in [6.45, 7) is 0.655. The zero-order valence-corrected chi connectivity index (χ0v) is 8.63. The predicted octanol–water partition coefficient (Wildman–Crippen LogP) is 0.779. The Labute approximate surface area is 92.1 Å². The van der Waals surface area contributed by atoms with Gasteiger partial charge < -0.3 is 9.84 Å². The van der Waals surface area contributed by atoms with Gasteiger partial charge in [0, 0.05) is 18.4 Å². The van der Waals surface area contributed by atoms with E-state index in [9.17, 15) is 0 Å². The van der Waals surface area contributed by atoms with Gasteiger partial charge in [0.1, 0.15) is 6.33 Å². The molecule has 0 unspecified atom stereocenters. The lowest BCUT2D eigenvalue weighted by Gasteiger charge is -1.94. The molecule has 1 aliphatic carbocycles. The molecule has 0 spiro atoms. The van der Waals surface area contributed by atoms with Gasteiger partial charge in [-0.25, -0.2) is 9.97 Å². The quantitative estimate of drug-likeness (QED) is 0.815.